The van der Waals surface area contributed by atoms with Gasteiger partial charge in [-0.25, -0.2) is 9.97 Å². The number of ether oxygens (including phenoxy) is 1. The molecule has 1 heterocycles. The molecule has 36 heavy (non-hydrogen) atoms. The Bertz CT molecular complexity index is 1300. The zero-order chi connectivity index (χ0) is 25.2. The van der Waals surface area contributed by atoms with E-state index in [9.17, 15) is 4.57 Å². The number of hydrogen-bond acceptors (Lipinski definition) is 6. The molecule has 4 aromatic rings. The summed E-state index contributed by atoms with van der Waals surface area (Å²) >= 11 is 0. The average molecular weight is 502 g/mol. The minimum absolute atomic E-state index is 0.422. The Morgan fingerprint density at radius 3 is 2.44 bits per heavy atom. The molecule has 1 N–H and O–H groups in total. The molecule has 0 radical (unpaired) electrons. The van der Waals surface area contributed by atoms with Crippen LogP contribution in [0.3, 0.4) is 0 Å². The van der Waals surface area contributed by atoms with Gasteiger partial charge in [0.05, 0.1) is 12.3 Å². The van der Waals surface area contributed by atoms with E-state index in [1.165, 1.54) is 0 Å². The largest absolute Gasteiger partial charge is 0.488 e. The van der Waals surface area contributed by atoms with E-state index in [0.717, 1.165) is 40.2 Å². The first-order valence-electron chi connectivity index (χ1n) is 12.3. The smallest absolute Gasteiger partial charge is 0.207 e. The van der Waals surface area contributed by atoms with E-state index in [4.69, 9.17) is 9.26 Å². The summed E-state index contributed by atoms with van der Waals surface area (Å²) in [4.78, 5) is 8.89. The molecule has 0 fully saturated rings. The third kappa shape index (κ3) is 7.03. The highest BCUT2D eigenvalue weighted by atomic mass is 31.2. The zero-order valence-electron chi connectivity index (χ0n) is 20.8. The number of anilines is 2. The fourth-order valence-corrected chi connectivity index (χ4v) is 6.33. The molecule has 0 bridgehead atoms. The van der Waals surface area contributed by atoms with Gasteiger partial charge >= 0.3 is 0 Å². The molecule has 1 aromatic heterocycles. The molecule has 0 aliphatic carbocycles. The van der Waals surface area contributed by atoms with Crippen molar-refractivity contribution in [1.29, 1.82) is 0 Å². The maximum absolute atomic E-state index is 13.2. The summed E-state index contributed by atoms with van der Waals surface area (Å²) < 4.78 is 24.9. The molecule has 0 spiro atoms. The predicted octanol–water partition coefficient (Wildman–Crippen LogP) is 7.69. The Kier molecular flexibility index (Phi) is 8.88. The highest BCUT2D eigenvalue weighted by molar-refractivity contribution is 7.58. The summed E-state index contributed by atoms with van der Waals surface area (Å²) in [5, 5.41) is 3.36. The second-order valence-electron chi connectivity index (χ2n) is 8.50. The van der Waals surface area contributed by atoms with Crippen LogP contribution in [0.2, 0.25) is 0 Å². The van der Waals surface area contributed by atoms with Gasteiger partial charge < -0.3 is 14.6 Å². The van der Waals surface area contributed by atoms with Gasteiger partial charge in [-0.15, -0.1) is 0 Å². The third-order valence-corrected chi connectivity index (χ3v) is 8.32. The molecule has 6 nitrogen and oxygen atoms in total. The van der Waals surface area contributed by atoms with Gasteiger partial charge in [0, 0.05) is 29.6 Å². The van der Waals surface area contributed by atoms with E-state index in [2.05, 4.69) is 15.3 Å². The van der Waals surface area contributed by atoms with Crippen molar-refractivity contribution in [1.82, 2.24) is 9.97 Å². The number of benzene rings is 3. The van der Waals surface area contributed by atoms with Crippen molar-refractivity contribution < 1.29 is 13.8 Å². The Morgan fingerprint density at radius 1 is 0.861 bits per heavy atom. The normalized spacial score (nSPS) is 12.6. The van der Waals surface area contributed by atoms with Gasteiger partial charge in [-0.1, -0.05) is 61.5 Å². The number of aromatic nitrogens is 2. The van der Waals surface area contributed by atoms with Crippen molar-refractivity contribution in [2.45, 2.75) is 33.0 Å². The van der Waals surface area contributed by atoms with Crippen LogP contribution in [0.5, 0.6) is 5.75 Å². The number of hydrogen-bond donors (Lipinski definition) is 1. The standard InChI is InChI=1S/C29H32N3O3P/c1-3-17-36(33,35-4-2)21-24-13-10-14-25(18-24)32-29-19-27(30-22-31-29)26-15-8-9-16-28(26)34-20-23-11-6-5-7-12-23/h5-16,18-19,22H,3-4,17,20-21H2,1-2H3,(H,30,31,32). The van der Waals surface area contributed by atoms with Crippen molar-refractivity contribution in [2.24, 2.45) is 0 Å². The Hall–Kier alpha value is -3.47. The first-order valence-corrected chi connectivity index (χ1v) is 14.2. The number of para-hydroxylation sites is 1. The summed E-state index contributed by atoms with van der Waals surface area (Å²) in [5.74, 6) is 1.42. The van der Waals surface area contributed by atoms with Gasteiger partial charge in [-0.2, -0.15) is 0 Å². The molecule has 0 aliphatic rings. The fraction of sp³-hybridized carbons (Fsp3) is 0.241. The van der Waals surface area contributed by atoms with Crippen LogP contribution in [-0.2, 0) is 21.9 Å². The molecule has 7 heteroatoms. The minimum Gasteiger partial charge on any atom is -0.488 e. The van der Waals surface area contributed by atoms with E-state index in [0.29, 0.717) is 31.4 Å². The van der Waals surface area contributed by atoms with Crippen LogP contribution in [-0.4, -0.2) is 22.7 Å². The van der Waals surface area contributed by atoms with E-state index < -0.39 is 7.37 Å². The summed E-state index contributed by atoms with van der Waals surface area (Å²) in [5.41, 5.74) is 4.59. The lowest BCUT2D eigenvalue weighted by molar-refractivity contribution is 0.307. The van der Waals surface area contributed by atoms with Crippen LogP contribution in [0.25, 0.3) is 11.3 Å². The van der Waals surface area contributed by atoms with Crippen LogP contribution in [0.1, 0.15) is 31.4 Å². The first-order chi connectivity index (χ1) is 17.6. The maximum atomic E-state index is 13.2. The Balaban J connectivity index is 1.51. The van der Waals surface area contributed by atoms with Gasteiger partial charge in [0.25, 0.3) is 0 Å². The molecule has 186 valence electrons. The van der Waals surface area contributed by atoms with Crippen LogP contribution in [0, 0.1) is 0 Å². The van der Waals surface area contributed by atoms with Crippen molar-refractivity contribution in [3.63, 3.8) is 0 Å². The molecule has 0 saturated carbocycles. The van der Waals surface area contributed by atoms with Gasteiger partial charge in [0.15, 0.2) is 0 Å². The van der Waals surface area contributed by atoms with E-state index in [1.807, 2.05) is 98.8 Å². The van der Waals surface area contributed by atoms with Gasteiger partial charge in [0.1, 0.15) is 24.5 Å². The summed E-state index contributed by atoms with van der Waals surface area (Å²) in [7, 11) is -2.69. The second kappa shape index (κ2) is 12.5. The SMILES string of the molecule is CCCP(=O)(Cc1cccc(Nc2cc(-c3ccccc3OCc3ccccc3)ncn2)c1)OCC. The molecule has 0 aliphatic heterocycles. The van der Waals surface area contributed by atoms with Crippen molar-refractivity contribution in [3.8, 4) is 17.0 Å². The summed E-state index contributed by atoms with van der Waals surface area (Å²) in [6, 6.07) is 27.7. The van der Waals surface area contributed by atoms with Crippen molar-refractivity contribution >= 4 is 18.9 Å². The van der Waals surface area contributed by atoms with Crippen LogP contribution in [0.15, 0.2) is 91.3 Å². The number of nitrogens with one attached hydrogen (secondary N) is 1. The highest BCUT2D eigenvalue weighted by Crippen LogP contribution is 2.50. The van der Waals surface area contributed by atoms with Crippen LogP contribution in [0.4, 0.5) is 11.5 Å². The summed E-state index contributed by atoms with van der Waals surface area (Å²) in [6.45, 7) is 4.85. The monoisotopic (exact) mass is 501 g/mol. The molecular weight excluding hydrogens is 469 g/mol. The van der Waals surface area contributed by atoms with Crippen LogP contribution >= 0.6 is 7.37 Å². The van der Waals surface area contributed by atoms with E-state index in [-0.39, 0.29) is 0 Å². The quantitative estimate of drug-likeness (QED) is 0.201. The van der Waals surface area contributed by atoms with Gasteiger partial charge in [-0.3, -0.25) is 4.57 Å². The average Bonchev–Trinajstić information content (AvgIpc) is 2.89. The van der Waals surface area contributed by atoms with Gasteiger partial charge in [0.2, 0.25) is 7.37 Å². The minimum atomic E-state index is -2.69. The Labute approximate surface area is 213 Å². The molecular formula is C29H32N3O3P. The molecule has 0 amide bonds. The van der Waals surface area contributed by atoms with E-state index in [1.54, 1.807) is 6.33 Å². The lowest BCUT2D eigenvalue weighted by atomic mass is 10.1. The van der Waals surface area contributed by atoms with E-state index >= 15 is 0 Å². The molecule has 1 unspecified atom stereocenters. The second-order valence-corrected chi connectivity index (χ2v) is 11.1. The number of nitrogens with zero attached hydrogens (tertiary/aromatic N) is 2. The van der Waals surface area contributed by atoms with Crippen LogP contribution < -0.4 is 10.1 Å². The molecule has 3 aromatic carbocycles. The Morgan fingerprint density at radius 2 is 1.64 bits per heavy atom. The first kappa shape index (κ1) is 25.6. The lowest BCUT2D eigenvalue weighted by Gasteiger charge is -2.18. The third-order valence-electron chi connectivity index (χ3n) is 5.62. The van der Waals surface area contributed by atoms with Crippen molar-refractivity contribution in [2.75, 3.05) is 18.1 Å². The number of rotatable bonds is 12. The summed E-state index contributed by atoms with van der Waals surface area (Å²) in [6.07, 6.45) is 3.38. The van der Waals surface area contributed by atoms with Gasteiger partial charge in [-0.05, 0) is 48.7 Å². The highest BCUT2D eigenvalue weighted by Gasteiger charge is 2.22. The molecule has 0 saturated heterocycles. The zero-order valence-corrected chi connectivity index (χ0v) is 21.7. The molecule has 4 rings (SSSR count). The molecule has 1 atom stereocenters. The fourth-order valence-electron chi connectivity index (χ4n) is 4.05. The maximum Gasteiger partial charge on any atom is 0.207 e. The van der Waals surface area contributed by atoms with Crippen molar-refractivity contribution in [3.05, 3.63) is 102 Å². The topological polar surface area (TPSA) is 73.3 Å². The lowest BCUT2D eigenvalue weighted by Crippen LogP contribution is -2.00. The predicted molar refractivity (Wildman–Crippen MR) is 146 cm³/mol.